The minimum atomic E-state index is 0.270. The predicted molar refractivity (Wildman–Crippen MR) is 60.3 cm³/mol. The maximum absolute atomic E-state index is 5.82. The number of rotatable bonds is 3. The summed E-state index contributed by atoms with van der Waals surface area (Å²) in [5.41, 5.74) is 1.15. The molecule has 0 unspecified atom stereocenters. The van der Waals surface area contributed by atoms with Crippen LogP contribution >= 0.6 is 0 Å². The van der Waals surface area contributed by atoms with Crippen LogP contribution in [-0.4, -0.2) is 28.7 Å². The van der Waals surface area contributed by atoms with Crippen molar-refractivity contribution in [3.05, 3.63) is 18.0 Å². The van der Waals surface area contributed by atoms with Crippen LogP contribution < -0.4 is 10.1 Å². The number of hydrogen-bond donors (Lipinski definition) is 1. The quantitative estimate of drug-likeness (QED) is 0.829. The molecule has 1 aliphatic carbocycles. The molecule has 3 atom stereocenters. The molecule has 1 aliphatic heterocycles. The average molecular weight is 219 g/mol. The van der Waals surface area contributed by atoms with Crippen LogP contribution in [-0.2, 0) is 6.42 Å². The molecule has 2 heterocycles. The number of aromatic nitrogens is 2. The molecule has 1 aromatic heterocycles. The van der Waals surface area contributed by atoms with E-state index in [1.54, 1.807) is 0 Å². The molecule has 4 nitrogen and oxygen atoms in total. The van der Waals surface area contributed by atoms with Gasteiger partial charge in [0.2, 0.25) is 0 Å². The van der Waals surface area contributed by atoms with Crippen molar-refractivity contribution in [1.82, 2.24) is 15.3 Å². The maximum atomic E-state index is 5.82. The Bertz CT molecular complexity index is 365. The van der Waals surface area contributed by atoms with E-state index in [4.69, 9.17) is 4.74 Å². The molecular formula is C12H17N3O. The molecule has 86 valence electrons. The summed E-state index contributed by atoms with van der Waals surface area (Å²) in [5, 5.41) is 3.47. The first-order valence-electron chi connectivity index (χ1n) is 6.06. The monoisotopic (exact) mass is 219 g/mol. The number of ether oxygens (including phenoxy) is 1. The van der Waals surface area contributed by atoms with E-state index in [1.165, 1.54) is 6.42 Å². The highest BCUT2D eigenvalue weighted by Crippen LogP contribution is 2.33. The minimum absolute atomic E-state index is 0.270. The molecule has 3 rings (SSSR count). The molecule has 1 saturated carbocycles. The maximum Gasteiger partial charge on any atom is 0.316 e. The molecule has 0 spiro atoms. The topological polar surface area (TPSA) is 47.0 Å². The van der Waals surface area contributed by atoms with Crippen molar-refractivity contribution in [2.45, 2.75) is 38.3 Å². The lowest BCUT2D eigenvalue weighted by atomic mass is 10.1. The zero-order valence-electron chi connectivity index (χ0n) is 9.52. The first kappa shape index (κ1) is 10.0. The second-order valence-electron chi connectivity index (χ2n) is 4.74. The van der Waals surface area contributed by atoms with Gasteiger partial charge in [-0.1, -0.05) is 6.92 Å². The van der Waals surface area contributed by atoms with Crippen LogP contribution in [0, 0.1) is 5.92 Å². The van der Waals surface area contributed by atoms with Gasteiger partial charge in [-0.15, -0.1) is 0 Å². The van der Waals surface area contributed by atoms with E-state index in [2.05, 4.69) is 22.2 Å². The summed E-state index contributed by atoms with van der Waals surface area (Å²) < 4.78 is 5.82. The Morgan fingerprint density at radius 2 is 2.19 bits per heavy atom. The standard InChI is InChI=1S/C12H17N3O/c1-2-8-5-14-12(15-6-8)16-11-4-9-3-10(11)13-7-9/h5-6,9-11,13H,2-4,7H2,1H3/t9-,10+,11-/m1/s1. The van der Waals surface area contributed by atoms with Crippen molar-refractivity contribution in [2.75, 3.05) is 6.54 Å². The Morgan fingerprint density at radius 3 is 2.75 bits per heavy atom. The number of hydrogen-bond acceptors (Lipinski definition) is 4. The fourth-order valence-electron chi connectivity index (χ4n) is 2.65. The van der Waals surface area contributed by atoms with Gasteiger partial charge in [-0.05, 0) is 37.3 Å². The molecule has 0 amide bonds. The van der Waals surface area contributed by atoms with E-state index in [0.29, 0.717) is 12.1 Å². The lowest BCUT2D eigenvalue weighted by molar-refractivity contribution is 0.145. The van der Waals surface area contributed by atoms with Gasteiger partial charge in [0.15, 0.2) is 0 Å². The molecule has 4 heteroatoms. The van der Waals surface area contributed by atoms with Crippen LogP contribution in [0.1, 0.15) is 25.3 Å². The van der Waals surface area contributed by atoms with Gasteiger partial charge >= 0.3 is 6.01 Å². The second kappa shape index (κ2) is 4.01. The molecule has 2 bridgehead atoms. The van der Waals surface area contributed by atoms with Crippen LogP contribution in [0.2, 0.25) is 0 Å². The van der Waals surface area contributed by atoms with E-state index in [-0.39, 0.29) is 6.10 Å². The summed E-state index contributed by atoms with van der Waals surface area (Å²) in [4.78, 5) is 8.47. The normalized spacial score (nSPS) is 31.9. The van der Waals surface area contributed by atoms with Crippen molar-refractivity contribution in [2.24, 2.45) is 5.92 Å². The van der Waals surface area contributed by atoms with Crippen LogP contribution in [0.3, 0.4) is 0 Å². The molecule has 0 radical (unpaired) electrons. The predicted octanol–water partition coefficient (Wildman–Crippen LogP) is 1.17. The highest BCUT2D eigenvalue weighted by Gasteiger charge is 2.41. The number of piperidine rings is 1. The van der Waals surface area contributed by atoms with E-state index in [0.717, 1.165) is 30.9 Å². The SMILES string of the molecule is CCc1cnc(O[C@@H]2C[C@@H]3CN[C@H]2C3)nc1. The molecule has 0 aromatic carbocycles. The second-order valence-corrected chi connectivity index (χ2v) is 4.74. The fourth-order valence-corrected chi connectivity index (χ4v) is 2.65. The zero-order valence-corrected chi connectivity index (χ0v) is 9.52. The van der Waals surface area contributed by atoms with Gasteiger partial charge in [0, 0.05) is 18.4 Å². The van der Waals surface area contributed by atoms with E-state index in [9.17, 15) is 0 Å². The summed E-state index contributed by atoms with van der Waals surface area (Å²) >= 11 is 0. The Labute approximate surface area is 95.4 Å². The summed E-state index contributed by atoms with van der Waals surface area (Å²) in [6.45, 7) is 3.25. The first-order chi connectivity index (χ1) is 7.85. The van der Waals surface area contributed by atoms with Gasteiger partial charge in [-0.2, -0.15) is 0 Å². The van der Waals surface area contributed by atoms with Crippen molar-refractivity contribution in [1.29, 1.82) is 0 Å². The van der Waals surface area contributed by atoms with Gasteiger partial charge in [-0.25, -0.2) is 9.97 Å². The third-order valence-electron chi connectivity index (χ3n) is 3.62. The number of nitrogens with zero attached hydrogens (tertiary/aromatic N) is 2. The minimum Gasteiger partial charge on any atom is -0.458 e. The molecular weight excluding hydrogens is 202 g/mol. The largest absolute Gasteiger partial charge is 0.458 e. The van der Waals surface area contributed by atoms with Gasteiger partial charge < -0.3 is 10.1 Å². The van der Waals surface area contributed by atoms with Crippen LogP contribution in [0.5, 0.6) is 6.01 Å². The number of fused-ring (bicyclic) bond motifs is 2. The first-order valence-corrected chi connectivity index (χ1v) is 6.06. The Morgan fingerprint density at radius 1 is 1.38 bits per heavy atom. The molecule has 2 aliphatic rings. The summed E-state index contributed by atoms with van der Waals surface area (Å²) in [6.07, 6.45) is 7.34. The van der Waals surface area contributed by atoms with Crippen LogP contribution in [0.15, 0.2) is 12.4 Å². The zero-order chi connectivity index (χ0) is 11.0. The van der Waals surface area contributed by atoms with Crippen molar-refractivity contribution in [3.8, 4) is 6.01 Å². The fraction of sp³-hybridized carbons (Fsp3) is 0.667. The molecule has 2 fully saturated rings. The third kappa shape index (κ3) is 1.78. The van der Waals surface area contributed by atoms with Crippen molar-refractivity contribution in [3.63, 3.8) is 0 Å². The van der Waals surface area contributed by atoms with Crippen molar-refractivity contribution < 1.29 is 4.74 Å². The molecule has 1 N–H and O–H groups in total. The van der Waals surface area contributed by atoms with Gasteiger partial charge in [0.1, 0.15) is 6.10 Å². The highest BCUT2D eigenvalue weighted by molar-refractivity contribution is 5.08. The smallest absolute Gasteiger partial charge is 0.316 e. The Balaban J connectivity index is 1.65. The summed E-state index contributed by atoms with van der Waals surface area (Å²) in [6, 6.07) is 1.04. The van der Waals surface area contributed by atoms with Gasteiger partial charge in [0.05, 0.1) is 0 Å². The molecule has 16 heavy (non-hydrogen) atoms. The van der Waals surface area contributed by atoms with Crippen LogP contribution in [0.25, 0.3) is 0 Å². The average Bonchev–Trinajstić information content (AvgIpc) is 2.92. The lowest BCUT2D eigenvalue weighted by Gasteiger charge is -2.22. The molecule has 1 saturated heterocycles. The number of nitrogens with one attached hydrogen (secondary N) is 1. The summed E-state index contributed by atoms with van der Waals surface area (Å²) in [5.74, 6) is 0.796. The van der Waals surface area contributed by atoms with Crippen LogP contribution in [0.4, 0.5) is 0 Å². The Hall–Kier alpha value is -1.16. The number of aryl methyl sites for hydroxylation is 1. The lowest BCUT2D eigenvalue weighted by Crippen LogP contribution is -2.40. The third-order valence-corrected chi connectivity index (χ3v) is 3.62. The Kier molecular flexibility index (Phi) is 2.52. The van der Waals surface area contributed by atoms with Gasteiger partial charge in [-0.3, -0.25) is 0 Å². The molecule has 1 aromatic rings. The highest BCUT2D eigenvalue weighted by atomic mass is 16.5. The van der Waals surface area contributed by atoms with Crippen molar-refractivity contribution >= 4 is 0 Å². The van der Waals surface area contributed by atoms with E-state index < -0.39 is 0 Å². The van der Waals surface area contributed by atoms with Gasteiger partial charge in [0.25, 0.3) is 0 Å². The van der Waals surface area contributed by atoms with E-state index >= 15 is 0 Å². The summed E-state index contributed by atoms with van der Waals surface area (Å²) in [7, 11) is 0. The van der Waals surface area contributed by atoms with E-state index in [1.807, 2.05) is 12.4 Å².